The van der Waals surface area contributed by atoms with Crippen molar-refractivity contribution < 1.29 is 9.13 Å². The highest BCUT2D eigenvalue weighted by Crippen LogP contribution is 2.54. The number of anilines is 2. The number of nitrogens with two attached hydrogens (primary N) is 1. The molecule has 2 fully saturated rings. The third-order valence-corrected chi connectivity index (χ3v) is 7.08. The molecule has 6 rings (SSSR count). The van der Waals surface area contributed by atoms with E-state index >= 15 is 0 Å². The lowest BCUT2D eigenvalue weighted by atomic mass is 10.0. The van der Waals surface area contributed by atoms with Crippen LogP contribution in [-0.2, 0) is 6.42 Å². The summed E-state index contributed by atoms with van der Waals surface area (Å²) in [6.45, 7) is 4.48. The van der Waals surface area contributed by atoms with Gasteiger partial charge in [0.1, 0.15) is 17.4 Å². The SMILES string of the molecule is CNc1cc(F)cc2c1Cc1nc(Oc3ccc(C)nc3)nc(N3CC4C(CN)C4C3)c1-2. The molecule has 0 amide bonds. The largest absolute Gasteiger partial charge is 0.423 e. The molecule has 2 unspecified atom stereocenters. The van der Waals surface area contributed by atoms with Crippen molar-refractivity contribution in [3.63, 3.8) is 0 Å². The summed E-state index contributed by atoms with van der Waals surface area (Å²) in [6, 6.07) is 7.17. The minimum atomic E-state index is -0.273. The predicted molar refractivity (Wildman–Crippen MR) is 121 cm³/mol. The van der Waals surface area contributed by atoms with E-state index in [1.54, 1.807) is 12.3 Å². The van der Waals surface area contributed by atoms with E-state index in [1.165, 1.54) is 6.07 Å². The first-order chi connectivity index (χ1) is 15.6. The van der Waals surface area contributed by atoms with Crippen molar-refractivity contribution in [1.29, 1.82) is 0 Å². The van der Waals surface area contributed by atoms with Gasteiger partial charge in [0.15, 0.2) is 0 Å². The lowest BCUT2D eigenvalue weighted by molar-refractivity contribution is 0.438. The lowest BCUT2D eigenvalue weighted by Crippen LogP contribution is -2.27. The zero-order valence-electron chi connectivity index (χ0n) is 18.1. The summed E-state index contributed by atoms with van der Waals surface area (Å²) in [5.41, 5.74) is 11.3. The molecule has 0 radical (unpaired) electrons. The van der Waals surface area contributed by atoms with Gasteiger partial charge < -0.3 is 20.7 Å². The van der Waals surface area contributed by atoms with E-state index in [-0.39, 0.29) is 5.82 Å². The van der Waals surface area contributed by atoms with Crippen LogP contribution < -0.4 is 20.7 Å². The zero-order chi connectivity index (χ0) is 22.0. The van der Waals surface area contributed by atoms with Crippen molar-refractivity contribution in [1.82, 2.24) is 15.0 Å². The van der Waals surface area contributed by atoms with Crippen LogP contribution in [0.15, 0.2) is 30.5 Å². The third kappa shape index (κ3) is 3.01. The number of rotatable bonds is 5. The van der Waals surface area contributed by atoms with Crippen molar-refractivity contribution >= 4 is 11.5 Å². The van der Waals surface area contributed by atoms with E-state index in [2.05, 4.69) is 15.2 Å². The summed E-state index contributed by atoms with van der Waals surface area (Å²) in [7, 11) is 1.81. The summed E-state index contributed by atoms with van der Waals surface area (Å²) in [6.07, 6.45) is 2.27. The Morgan fingerprint density at radius 1 is 1.22 bits per heavy atom. The number of piperidine rings is 1. The molecule has 3 N–H and O–H groups in total. The standard InChI is InChI=1S/C24H25FN6O/c1-12-3-4-14(9-28-12)32-24-29-21-7-15-16(5-13(25)6-20(15)27-2)22(21)23(30-24)31-10-18-17(8-26)19(18)11-31/h3-6,9,17-19,27H,7-8,10-11,26H2,1-2H3. The molecule has 8 heteroatoms. The van der Waals surface area contributed by atoms with Gasteiger partial charge in [-0.05, 0) is 66.6 Å². The highest BCUT2D eigenvalue weighted by Gasteiger charge is 2.55. The zero-order valence-corrected chi connectivity index (χ0v) is 18.1. The van der Waals surface area contributed by atoms with E-state index in [4.69, 9.17) is 20.4 Å². The summed E-state index contributed by atoms with van der Waals surface area (Å²) < 4.78 is 20.4. The Labute approximate surface area is 185 Å². The van der Waals surface area contributed by atoms with Gasteiger partial charge in [0.25, 0.3) is 0 Å². The molecule has 32 heavy (non-hydrogen) atoms. The second kappa shape index (κ2) is 7.13. The number of fused-ring (bicyclic) bond motifs is 4. The van der Waals surface area contributed by atoms with Crippen molar-refractivity contribution in [2.75, 3.05) is 36.9 Å². The molecule has 1 saturated heterocycles. The minimum Gasteiger partial charge on any atom is -0.423 e. The molecule has 164 valence electrons. The van der Waals surface area contributed by atoms with Crippen LogP contribution >= 0.6 is 0 Å². The quantitative estimate of drug-likeness (QED) is 0.500. The Morgan fingerprint density at radius 3 is 2.72 bits per heavy atom. The van der Waals surface area contributed by atoms with Gasteiger partial charge in [-0.1, -0.05) is 0 Å². The molecule has 2 aromatic heterocycles. The number of nitrogens with zero attached hydrogens (tertiary/aromatic N) is 4. The normalized spacial score (nSPS) is 22.4. The third-order valence-electron chi connectivity index (χ3n) is 7.08. The van der Waals surface area contributed by atoms with Crippen molar-refractivity contribution in [3.05, 3.63) is 53.2 Å². The number of nitrogens with one attached hydrogen (secondary N) is 1. The van der Waals surface area contributed by atoms with Crippen molar-refractivity contribution in [2.24, 2.45) is 23.5 Å². The molecule has 1 aliphatic heterocycles. The predicted octanol–water partition coefficient (Wildman–Crippen LogP) is 3.37. The second-order valence-corrected chi connectivity index (χ2v) is 8.93. The molecule has 2 aliphatic carbocycles. The highest BCUT2D eigenvalue weighted by atomic mass is 19.1. The Morgan fingerprint density at radius 2 is 2.03 bits per heavy atom. The number of aryl methyl sites for hydroxylation is 1. The van der Waals surface area contributed by atoms with E-state index in [1.807, 2.05) is 26.1 Å². The maximum absolute atomic E-state index is 14.4. The van der Waals surface area contributed by atoms with Gasteiger partial charge in [0.2, 0.25) is 0 Å². The van der Waals surface area contributed by atoms with E-state index in [0.29, 0.717) is 35.9 Å². The van der Waals surface area contributed by atoms with Crippen molar-refractivity contribution in [3.8, 4) is 22.9 Å². The first-order valence-electron chi connectivity index (χ1n) is 11.0. The fourth-order valence-electron chi connectivity index (χ4n) is 5.38. The topological polar surface area (TPSA) is 89.2 Å². The summed E-state index contributed by atoms with van der Waals surface area (Å²) in [4.78, 5) is 16.1. The molecule has 1 saturated carbocycles. The van der Waals surface area contributed by atoms with Gasteiger partial charge >= 0.3 is 6.01 Å². The molecular formula is C24H25FN6O. The van der Waals surface area contributed by atoms with Crippen LogP contribution in [0.1, 0.15) is 17.0 Å². The monoisotopic (exact) mass is 432 g/mol. The van der Waals surface area contributed by atoms with Crippen LogP contribution in [0.3, 0.4) is 0 Å². The van der Waals surface area contributed by atoms with E-state index < -0.39 is 0 Å². The summed E-state index contributed by atoms with van der Waals surface area (Å²) in [5, 5.41) is 3.12. The number of benzene rings is 1. The molecule has 3 aromatic rings. The van der Waals surface area contributed by atoms with Gasteiger partial charge in [0.05, 0.1) is 11.9 Å². The van der Waals surface area contributed by atoms with E-state index in [9.17, 15) is 4.39 Å². The van der Waals surface area contributed by atoms with Crippen LogP contribution in [0, 0.1) is 30.5 Å². The minimum absolute atomic E-state index is 0.273. The molecule has 1 aromatic carbocycles. The average molecular weight is 433 g/mol. The maximum atomic E-state index is 14.4. The number of hydrogen-bond acceptors (Lipinski definition) is 7. The number of aromatic nitrogens is 3. The fourth-order valence-corrected chi connectivity index (χ4v) is 5.38. The van der Waals surface area contributed by atoms with Crippen LogP contribution in [0.5, 0.6) is 11.8 Å². The highest BCUT2D eigenvalue weighted by molar-refractivity contribution is 5.88. The van der Waals surface area contributed by atoms with Gasteiger partial charge in [-0.25, -0.2) is 4.39 Å². The summed E-state index contributed by atoms with van der Waals surface area (Å²) in [5.74, 6) is 2.96. The molecule has 0 spiro atoms. The Bertz CT molecular complexity index is 1200. The van der Waals surface area contributed by atoms with Gasteiger partial charge in [-0.3, -0.25) is 4.98 Å². The Hall–Kier alpha value is -3.26. The summed E-state index contributed by atoms with van der Waals surface area (Å²) >= 11 is 0. The molecule has 3 heterocycles. The van der Waals surface area contributed by atoms with Gasteiger partial charge in [0, 0.05) is 43.5 Å². The number of pyridine rings is 1. The Kier molecular flexibility index (Phi) is 4.33. The number of ether oxygens (including phenoxy) is 1. The average Bonchev–Trinajstić information content (AvgIpc) is 3.09. The molecule has 0 bridgehead atoms. The first-order valence-corrected chi connectivity index (χ1v) is 11.0. The molecular weight excluding hydrogens is 407 g/mol. The first kappa shape index (κ1) is 19.4. The molecule has 2 atom stereocenters. The second-order valence-electron chi connectivity index (χ2n) is 8.93. The van der Waals surface area contributed by atoms with Crippen LogP contribution in [-0.4, -0.2) is 41.6 Å². The van der Waals surface area contributed by atoms with Gasteiger partial charge in [-0.2, -0.15) is 9.97 Å². The lowest BCUT2D eigenvalue weighted by Gasteiger charge is -2.24. The van der Waals surface area contributed by atoms with Gasteiger partial charge in [-0.15, -0.1) is 0 Å². The van der Waals surface area contributed by atoms with Crippen molar-refractivity contribution in [2.45, 2.75) is 13.3 Å². The van der Waals surface area contributed by atoms with Crippen LogP contribution in [0.25, 0.3) is 11.1 Å². The van der Waals surface area contributed by atoms with Crippen LogP contribution in [0.2, 0.25) is 0 Å². The maximum Gasteiger partial charge on any atom is 0.324 e. The fraction of sp³-hybridized carbons (Fsp3) is 0.375. The number of halogens is 1. The molecule has 3 aliphatic rings. The van der Waals surface area contributed by atoms with E-state index in [0.717, 1.165) is 59.2 Å². The Balaban J connectivity index is 1.43. The molecule has 7 nitrogen and oxygen atoms in total. The smallest absolute Gasteiger partial charge is 0.324 e. The number of hydrogen-bond donors (Lipinski definition) is 2. The van der Waals surface area contributed by atoms with Crippen LogP contribution in [0.4, 0.5) is 15.9 Å².